The van der Waals surface area contributed by atoms with Crippen LogP contribution in [0.2, 0.25) is 0 Å². The van der Waals surface area contributed by atoms with Crippen LogP contribution in [0.4, 0.5) is 11.4 Å². The molecule has 33 heavy (non-hydrogen) atoms. The number of hydrogen-bond acceptors (Lipinski definition) is 4. The molecule has 2 aromatic carbocycles. The summed E-state index contributed by atoms with van der Waals surface area (Å²) in [5.41, 5.74) is 3.98. The largest absolute Gasteiger partial charge is 0.461 e. The molecule has 180 valence electrons. The first-order valence-corrected chi connectivity index (χ1v) is 12.3. The zero-order chi connectivity index (χ0) is 23.9. The summed E-state index contributed by atoms with van der Waals surface area (Å²) in [4.78, 5) is 26.1. The highest BCUT2D eigenvalue weighted by molar-refractivity contribution is 5.94. The predicted octanol–water partition coefficient (Wildman–Crippen LogP) is 6.51. The Morgan fingerprint density at radius 2 is 1.55 bits per heavy atom. The van der Waals surface area contributed by atoms with Gasteiger partial charge in [0, 0.05) is 26.9 Å². The van der Waals surface area contributed by atoms with E-state index in [1.165, 1.54) is 31.2 Å². The molecule has 0 saturated heterocycles. The second kappa shape index (κ2) is 15.1. The third kappa shape index (κ3) is 10.6. The van der Waals surface area contributed by atoms with Gasteiger partial charge in [0.05, 0.1) is 11.4 Å². The van der Waals surface area contributed by atoms with Crippen LogP contribution in [-0.4, -0.2) is 26.0 Å². The first kappa shape index (κ1) is 26.4. The molecule has 0 aliphatic heterocycles. The SMILES string of the molecule is CCCC(=O)OCc1ccc(N(C)C)c(NC(=O)CCCCCCCCc2ccccc2)c1. The summed E-state index contributed by atoms with van der Waals surface area (Å²) < 4.78 is 5.31. The van der Waals surface area contributed by atoms with E-state index >= 15 is 0 Å². The Balaban J connectivity index is 1.69. The Hall–Kier alpha value is -2.82. The molecule has 0 spiro atoms. The Bertz CT molecular complexity index is 849. The molecule has 5 nitrogen and oxygen atoms in total. The number of benzene rings is 2. The number of aryl methyl sites for hydroxylation is 1. The van der Waals surface area contributed by atoms with Crippen molar-refractivity contribution in [3.8, 4) is 0 Å². The van der Waals surface area contributed by atoms with Crippen LogP contribution >= 0.6 is 0 Å². The summed E-state index contributed by atoms with van der Waals surface area (Å²) in [7, 11) is 3.90. The van der Waals surface area contributed by atoms with Crippen molar-refractivity contribution in [2.24, 2.45) is 0 Å². The number of hydrogen-bond donors (Lipinski definition) is 1. The van der Waals surface area contributed by atoms with Crippen molar-refractivity contribution < 1.29 is 14.3 Å². The van der Waals surface area contributed by atoms with Gasteiger partial charge in [0.2, 0.25) is 5.91 Å². The Kier molecular flexibility index (Phi) is 12.1. The minimum Gasteiger partial charge on any atom is -0.461 e. The molecule has 0 bridgehead atoms. The van der Waals surface area contributed by atoms with E-state index in [9.17, 15) is 9.59 Å². The quantitative estimate of drug-likeness (QED) is 0.247. The van der Waals surface area contributed by atoms with Gasteiger partial charge < -0.3 is 15.0 Å². The summed E-state index contributed by atoms with van der Waals surface area (Å²) in [5, 5.41) is 3.05. The maximum absolute atomic E-state index is 12.5. The van der Waals surface area contributed by atoms with Crippen molar-refractivity contribution in [1.82, 2.24) is 0 Å². The number of ether oxygens (including phenoxy) is 1. The van der Waals surface area contributed by atoms with Crippen molar-refractivity contribution in [2.75, 3.05) is 24.3 Å². The molecular formula is C28H40N2O3. The molecule has 1 N–H and O–H groups in total. The number of carbonyl (C=O) groups excluding carboxylic acids is 2. The molecule has 0 aromatic heterocycles. The summed E-state index contributed by atoms with van der Waals surface area (Å²) >= 11 is 0. The van der Waals surface area contributed by atoms with E-state index in [0.29, 0.717) is 12.8 Å². The second-order valence-electron chi connectivity index (χ2n) is 8.81. The van der Waals surface area contributed by atoms with Crippen LogP contribution in [0.5, 0.6) is 0 Å². The van der Waals surface area contributed by atoms with Gasteiger partial charge in [-0.15, -0.1) is 0 Å². The fraction of sp³-hybridized carbons (Fsp3) is 0.500. The van der Waals surface area contributed by atoms with Gasteiger partial charge in [-0.2, -0.15) is 0 Å². The fourth-order valence-electron chi connectivity index (χ4n) is 3.78. The van der Waals surface area contributed by atoms with Crippen molar-refractivity contribution >= 4 is 23.3 Å². The maximum Gasteiger partial charge on any atom is 0.306 e. The lowest BCUT2D eigenvalue weighted by Gasteiger charge is -2.19. The van der Waals surface area contributed by atoms with E-state index in [2.05, 4.69) is 35.6 Å². The zero-order valence-corrected chi connectivity index (χ0v) is 20.6. The highest BCUT2D eigenvalue weighted by Gasteiger charge is 2.11. The first-order valence-electron chi connectivity index (χ1n) is 12.3. The number of esters is 1. The van der Waals surface area contributed by atoms with E-state index in [4.69, 9.17) is 4.74 Å². The van der Waals surface area contributed by atoms with Gasteiger partial charge in [-0.3, -0.25) is 9.59 Å². The highest BCUT2D eigenvalue weighted by Crippen LogP contribution is 2.26. The molecule has 0 radical (unpaired) electrons. The number of nitrogens with zero attached hydrogens (tertiary/aromatic N) is 1. The van der Waals surface area contributed by atoms with Gasteiger partial charge in [-0.1, -0.05) is 69.0 Å². The van der Waals surface area contributed by atoms with Crippen LogP contribution in [0.3, 0.4) is 0 Å². The normalized spacial score (nSPS) is 10.6. The van der Waals surface area contributed by atoms with Gasteiger partial charge in [-0.05, 0) is 48.9 Å². The lowest BCUT2D eigenvalue weighted by atomic mass is 10.0. The van der Waals surface area contributed by atoms with Gasteiger partial charge in [0.1, 0.15) is 6.61 Å². The molecule has 1 amide bonds. The topological polar surface area (TPSA) is 58.6 Å². The lowest BCUT2D eigenvalue weighted by Crippen LogP contribution is -2.17. The van der Waals surface area contributed by atoms with E-state index in [-0.39, 0.29) is 18.5 Å². The van der Waals surface area contributed by atoms with Crippen LogP contribution in [0.25, 0.3) is 0 Å². The Morgan fingerprint density at radius 3 is 2.24 bits per heavy atom. The average Bonchev–Trinajstić information content (AvgIpc) is 2.80. The molecule has 0 saturated carbocycles. The first-order chi connectivity index (χ1) is 16.0. The third-order valence-corrected chi connectivity index (χ3v) is 5.63. The fourth-order valence-corrected chi connectivity index (χ4v) is 3.78. The molecule has 5 heteroatoms. The smallest absolute Gasteiger partial charge is 0.306 e. The van der Waals surface area contributed by atoms with Crippen LogP contribution in [-0.2, 0) is 27.4 Å². The van der Waals surface area contributed by atoms with Crippen LogP contribution in [0.1, 0.15) is 75.8 Å². The molecule has 0 aliphatic rings. The number of unbranched alkanes of at least 4 members (excludes halogenated alkanes) is 5. The number of carbonyl (C=O) groups is 2. The Morgan fingerprint density at radius 1 is 0.848 bits per heavy atom. The highest BCUT2D eigenvalue weighted by atomic mass is 16.5. The molecule has 0 atom stereocenters. The third-order valence-electron chi connectivity index (χ3n) is 5.63. The summed E-state index contributed by atoms with van der Waals surface area (Å²) in [6.45, 7) is 2.17. The molecular weight excluding hydrogens is 412 g/mol. The molecule has 0 heterocycles. The van der Waals surface area contributed by atoms with Crippen molar-refractivity contribution in [3.63, 3.8) is 0 Å². The Labute approximate surface area is 199 Å². The number of anilines is 2. The monoisotopic (exact) mass is 452 g/mol. The summed E-state index contributed by atoms with van der Waals surface area (Å²) in [5.74, 6) is -0.165. The second-order valence-corrected chi connectivity index (χ2v) is 8.81. The molecule has 0 unspecified atom stereocenters. The van der Waals surface area contributed by atoms with E-state index < -0.39 is 0 Å². The number of rotatable bonds is 15. The van der Waals surface area contributed by atoms with E-state index in [1.807, 2.05) is 44.1 Å². The molecule has 2 rings (SSSR count). The number of nitrogens with one attached hydrogen (secondary N) is 1. The summed E-state index contributed by atoms with van der Waals surface area (Å²) in [6, 6.07) is 16.4. The van der Waals surface area contributed by atoms with Gasteiger partial charge in [-0.25, -0.2) is 0 Å². The van der Waals surface area contributed by atoms with Crippen molar-refractivity contribution in [2.45, 2.75) is 77.7 Å². The molecule has 0 fully saturated rings. The minimum atomic E-state index is -0.195. The predicted molar refractivity (Wildman–Crippen MR) is 137 cm³/mol. The van der Waals surface area contributed by atoms with Crippen LogP contribution < -0.4 is 10.2 Å². The lowest BCUT2D eigenvalue weighted by molar-refractivity contribution is -0.145. The van der Waals surface area contributed by atoms with Crippen molar-refractivity contribution in [1.29, 1.82) is 0 Å². The van der Waals surface area contributed by atoms with Crippen LogP contribution in [0.15, 0.2) is 48.5 Å². The maximum atomic E-state index is 12.5. The van der Waals surface area contributed by atoms with Crippen LogP contribution in [0, 0.1) is 0 Å². The zero-order valence-electron chi connectivity index (χ0n) is 20.6. The standard InChI is InChI=1S/C28H40N2O3/c1-4-14-28(32)33-22-24-19-20-26(30(2)3)25(21-24)29-27(31)18-13-8-6-5-7-10-15-23-16-11-9-12-17-23/h9,11-12,16-17,19-21H,4-8,10,13-15,18,22H2,1-3H3,(H,29,31). The van der Waals surface area contributed by atoms with Crippen molar-refractivity contribution in [3.05, 3.63) is 59.7 Å². The summed E-state index contributed by atoms with van der Waals surface area (Å²) in [6.07, 6.45) is 9.69. The molecule has 0 aliphatic carbocycles. The minimum absolute atomic E-state index is 0.0299. The van der Waals surface area contributed by atoms with Gasteiger partial charge in [0.25, 0.3) is 0 Å². The van der Waals surface area contributed by atoms with Gasteiger partial charge >= 0.3 is 5.97 Å². The van der Waals surface area contributed by atoms with E-state index in [0.717, 1.165) is 42.6 Å². The van der Waals surface area contributed by atoms with Gasteiger partial charge in [0.15, 0.2) is 0 Å². The van der Waals surface area contributed by atoms with E-state index in [1.54, 1.807) is 0 Å². The average molecular weight is 453 g/mol. The number of amides is 1. The molecule has 2 aromatic rings.